The van der Waals surface area contributed by atoms with Crippen LogP contribution in [0.3, 0.4) is 0 Å². The van der Waals surface area contributed by atoms with Crippen molar-refractivity contribution in [3.8, 4) is 0 Å². The summed E-state index contributed by atoms with van der Waals surface area (Å²) in [6, 6.07) is 0.770. The number of rotatable bonds is 10. The number of likely N-dealkylation sites (tertiary alicyclic amines) is 1. The fourth-order valence-corrected chi connectivity index (χ4v) is 3.73. The molecule has 2 aliphatic heterocycles. The highest BCUT2D eigenvalue weighted by Gasteiger charge is 2.20. The molecule has 0 aliphatic carbocycles. The third-order valence-corrected chi connectivity index (χ3v) is 5.22. The Morgan fingerprint density at radius 2 is 2.08 bits per heavy atom. The SMILES string of the molecule is CCC1CCCCN1CCNC(=NC)NCCCOCC1CCCO1. The predicted octanol–water partition coefficient (Wildman–Crippen LogP) is 2.00. The molecule has 0 aromatic carbocycles. The first-order valence-corrected chi connectivity index (χ1v) is 10.2. The van der Waals surface area contributed by atoms with Crippen LogP contribution in [0.1, 0.15) is 51.9 Å². The molecule has 2 heterocycles. The molecule has 0 radical (unpaired) electrons. The fourth-order valence-electron chi connectivity index (χ4n) is 3.73. The van der Waals surface area contributed by atoms with Gasteiger partial charge in [0, 0.05) is 45.9 Å². The second-order valence-electron chi connectivity index (χ2n) is 7.08. The van der Waals surface area contributed by atoms with Gasteiger partial charge in [-0.2, -0.15) is 0 Å². The summed E-state index contributed by atoms with van der Waals surface area (Å²) in [6.07, 6.45) is 8.98. The molecular weight excluding hydrogens is 316 g/mol. The number of nitrogens with one attached hydrogen (secondary N) is 2. The summed E-state index contributed by atoms with van der Waals surface area (Å²) in [5.74, 6) is 0.893. The van der Waals surface area contributed by atoms with E-state index in [-0.39, 0.29) is 0 Å². The molecule has 6 heteroatoms. The van der Waals surface area contributed by atoms with Crippen molar-refractivity contribution < 1.29 is 9.47 Å². The van der Waals surface area contributed by atoms with Crippen LogP contribution in [0.2, 0.25) is 0 Å². The quantitative estimate of drug-likeness (QED) is 0.357. The molecule has 2 saturated heterocycles. The lowest BCUT2D eigenvalue weighted by Crippen LogP contribution is -2.46. The largest absolute Gasteiger partial charge is 0.379 e. The van der Waals surface area contributed by atoms with Crippen molar-refractivity contribution in [3.63, 3.8) is 0 Å². The molecular formula is C19H38N4O2. The van der Waals surface area contributed by atoms with Gasteiger partial charge in [0.05, 0.1) is 12.7 Å². The van der Waals surface area contributed by atoms with Gasteiger partial charge in [0.15, 0.2) is 5.96 Å². The molecule has 2 unspecified atom stereocenters. The Hall–Kier alpha value is -0.850. The van der Waals surface area contributed by atoms with Crippen LogP contribution in [0.5, 0.6) is 0 Å². The molecule has 2 N–H and O–H groups in total. The van der Waals surface area contributed by atoms with Crippen LogP contribution in [0.4, 0.5) is 0 Å². The number of aliphatic imine (C=N–C) groups is 1. The second kappa shape index (κ2) is 12.5. The molecule has 6 nitrogen and oxygen atoms in total. The molecule has 2 aliphatic rings. The monoisotopic (exact) mass is 354 g/mol. The van der Waals surface area contributed by atoms with E-state index in [0.717, 1.165) is 64.3 Å². The van der Waals surface area contributed by atoms with Gasteiger partial charge in [-0.3, -0.25) is 9.89 Å². The Morgan fingerprint density at radius 1 is 1.20 bits per heavy atom. The van der Waals surface area contributed by atoms with Crippen LogP contribution in [-0.2, 0) is 9.47 Å². The van der Waals surface area contributed by atoms with E-state index in [4.69, 9.17) is 9.47 Å². The minimum atomic E-state index is 0.323. The Labute approximate surface area is 153 Å². The maximum absolute atomic E-state index is 5.69. The summed E-state index contributed by atoms with van der Waals surface area (Å²) in [7, 11) is 1.83. The number of nitrogens with zero attached hydrogens (tertiary/aromatic N) is 2. The maximum atomic E-state index is 5.69. The first-order valence-electron chi connectivity index (χ1n) is 10.2. The zero-order chi connectivity index (χ0) is 17.7. The smallest absolute Gasteiger partial charge is 0.191 e. The Morgan fingerprint density at radius 3 is 2.84 bits per heavy atom. The van der Waals surface area contributed by atoms with Crippen LogP contribution in [0.15, 0.2) is 4.99 Å². The molecule has 0 spiro atoms. The lowest BCUT2D eigenvalue weighted by Gasteiger charge is -2.35. The summed E-state index contributed by atoms with van der Waals surface area (Å²) >= 11 is 0. The second-order valence-corrected chi connectivity index (χ2v) is 7.08. The highest BCUT2D eigenvalue weighted by Crippen LogP contribution is 2.18. The van der Waals surface area contributed by atoms with Crippen LogP contribution >= 0.6 is 0 Å². The Kier molecular flexibility index (Phi) is 10.2. The van der Waals surface area contributed by atoms with Gasteiger partial charge in [0.2, 0.25) is 0 Å². The highest BCUT2D eigenvalue weighted by atomic mass is 16.5. The van der Waals surface area contributed by atoms with E-state index < -0.39 is 0 Å². The van der Waals surface area contributed by atoms with Gasteiger partial charge in [-0.25, -0.2) is 0 Å². The van der Waals surface area contributed by atoms with E-state index in [9.17, 15) is 0 Å². The summed E-state index contributed by atoms with van der Waals surface area (Å²) in [5, 5.41) is 6.80. The first-order chi connectivity index (χ1) is 12.3. The van der Waals surface area contributed by atoms with Gasteiger partial charge in [0.25, 0.3) is 0 Å². The normalized spacial score (nSPS) is 25.3. The van der Waals surface area contributed by atoms with Crippen LogP contribution in [0, 0.1) is 0 Å². The maximum Gasteiger partial charge on any atom is 0.191 e. The number of piperidine rings is 1. The van der Waals surface area contributed by atoms with E-state index >= 15 is 0 Å². The van der Waals surface area contributed by atoms with Crippen molar-refractivity contribution in [3.05, 3.63) is 0 Å². The van der Waals surface area contributed by atoms with E-state index in [1.807, 2.05) is 7.05 Å². The van der Waals surface area contributed by atoms with Gasteiger partial charge in [0.1, 0.15) is 0 Å². The number of ether oxygens (including phenoxy) is 2. The predicted molar refractivity (Wildman–Crippen MR) is 103 cm³/mol. The van der Waals surface area contributed by atoms with Gasteiger partial charge < -0.3 is 20.1 Å². The summed E-state index contributed by atoms with van der Waals surface area (Å²) in [4.78, 5) is 6.93. The van der Waals surface area contributed by atoms with Crippen molar-refractivity contribution in [2.24, 2.45) is 4.99 Å². The summed E-state index contributed by atoms with van der Waals surface area (Å²) in [6.45, 7) is 8.89. The lowest BCUT2D eigenvalue weighted by atomic mass is 10.0. The van der Waals surface area contributed by atoms with Crippen molar-refractivity contribution in [1.29, 1.82) is 0 Å². The van der Waals surface area contributed by atoms with Crippen molar-refractivity contribution in [2.75, 3.05) is 53.0 Å². The molecule has 2 atom stereocenters. The molecule has 25 heavy (non-hydrogen) atoms. The van der Waals surface area contributed by atoms with Crippen molar-refractivity contribution >= 4 is 5.96 Å². The van der Waals surface area contributed by atoms with E-state index in [1.165, 1.54) is 38.6 Å². The van der Waals surface area contributed by atoms with E-state index in [2.05, 4.69) is 27.4 Å². The highest BCUT2D eigenvalue weighted by molar-refractivity contribution is 5.79. The van der Waals surface area contributed by atoms with E-state index in [1.54, 1.807) is 0 Å². The van der Waals surface area contributed by atoms with Gasteiger partial charge >= 0.3 is 0 Å². The van der Waals surface area contributed by atoms with Gasteiger partial charge in [-0.1, -0.05) is 13.3 Å². The van der Waals surface area contributed by atoms with Crippen molar-refractivity contribution in [2.45, 2.75) is 64.0 Å². The molecule has 0 aromatic heterocycles. The molecule has 2 rings (SSSR count). The molecule has 2 fully saturated rings. The Bertz CT molecular complexity index is 372. The fraction of sp³-hybridized carbons (Fsp3) is 0.947. The number of hydrogen-bond acceptors (Lipinski definition) is 4. The van der Waals surface area contributed by atoms with Gasteiger partial charge in [-0.05, 0) is 45.1 Å². The van der Waals surface area contributed by atoms with Crippen LogP contribution in [-0.4, -0.2) is 76.1 Å². The number of hydrogen-bond donors (Lipinski definition) is 2. The van der Waals surface area contributed by atoms with Crippen LogP contribution < -0.4 is 10.6 Å². The zero-order valence-electron chi connectivity index (χ0n) is 16.3. The average molecular weight is 355 g/mol. The Balaban J connectivity index is 1.48. The summed E-state index contributed by atoms with van der Waals surface area (Å²) < 4.78 is 11.2. The minimum Gasteiger partial charge on any atom is -0.379 e. The third-order valence-electron chi connectivity index (χ3n) is 5.22. The third kappa shape index (κ3) is 7.92. The van der Waals surface area contributed by atoms with Crippen molar-refractivity contribution in [1.82, 2.24) is 15.5 Å². The van der Waals surface area contributed by atoms with E-state index in [0.29, 0.717) is 6.10 Å². The molecule has 0 amide bonds. The zero-order valence-corrected chi connectivity index (χ0v) is 16.3. The molecule has 146 valence electrons. The first kappa shape index (κ1) is 20.5. The number of guanidine groups is 1. The molecule has 0 bridgehead atoms. The average Bonchev–Trinajstić information content (AvgIpc) is 3.16. The van der Waals surface area contributed by atoms with Crippen LogP contribution in [0.25, 0.3) is 0 Å². The summed E-state index contributed by atoms with van der Waals surface area (Å²) in [5.41, 5.74) is 0. The topological polar surface area (TPSA) is 58.1 Å². The molecule has 0 aromatic rings. The molecule has 0 saturated carbocycles. The minimum absolute atomic E-state index is 0.323. The van der Waals surface area contributed by atoms with Gasteiger partial charge in [-0.15, -0.1) is 0 Å². The standard InChI is InChI=1S/C19H38N4O2/c1-3-17-8-4-5-12-23(17)13-11-22-19(20-2)21-10-7-14-24-16-18-9-6-15-25-18/h17-18H,3-16H2,1-2H3,(H2,20,21,22). The lowest BCUT2D eigenvalue weighted by molar-refractivity contribution is 0.0168.